The summed E-state index contributed by atoms with van der Waals surface area (Å²) in [6.07, 6.45) is 1.49. The molecule has 27 heavy (non-hydrogen) atoms. The third kappa shape index (κ3) is 4.59. The fourth-order valence-corrected chi connectivity index (χ4v) is 3.34. The van der Waals surface area contributed by atoms with Crippen LogP contribution in [0.2, 0.25) is 0 Å². The molecule has 0 aliphatic carbocycles. The SMILES string of the molecule is Cc1ccc(C(=O)NC2CCN(C(=O)c3ccc(C(C)(C)C)cc3)CC2)o1. The van der Waals surface area contributed by atoms with Gasteiger partial charge in [-0.05, 0) is 55.0 Å². The molecule has 0 unspecified atom stereocenters. The highest BCUT2D eigenvalue weighted by molar-refractivity contribution is 5.94. The maximum atomic E-state index is 12.7. The molecule has 0 spiro atoms. The molecule has 1 fully saturated rings. The lowest BCUT2D eigenvalue weighted by Gasteiger charge is -2.32. The van der Waals surface area contributed by atoms with E-state index < -0.39 is 0 Å². The summed E-state index contributed by atoms with van der Waals surface area (Å²) in [4.78, 5) is 26.8. The van der Waals surface area contributed by atoms with Crippen molar-refractivity contribution in [1.82, 2.24) is 10.2 Å². The smallest absolute Gasteiger partial charge is 0.287 e. The van der Waals surface area contributed by atoms with Gasteiger partial charge in [0.1, 0.15) is 5.76 Å². The molecule has 0 radical (unpaired) electrons. The molecule has 5 heteroatoms. The van der Waals surface area contributed by atoms with Crippen molar-refractivity contribution in [2.75, 3.05) is 13.1 Å². The van der Waals surface area contributed by atoms with Crippen LogP contribution in [0.1, 0.15) is 65.8 Å². The van der Waals surface area contributed by atoms with Gasteiger partial charge in [0.2, 0.25) is 0 Å². The van der Waals surface area contributed by atoms with Crippen molar-refractivity contribution in [3.8, 4) is 0 Å². The zero-order chi connectivity index (χ0) is 19.6. The van der Waals surface area contributed by atoms with Crippen molar-refractivity contribution < 1.29 is 14.0 Å². The molecule has 2 heterocycles. The summed E-state index contributed by atoms with van der Waals surface area (Å²) in [6, 6.07) is 11.4. The Morgan fingerprint density at radius 2 is 1.67 bits per heavy atom. The average molecular weight is 368 g/mol. The zero-order valence-electron chi connectivity index (χ0n) is 16.5. The first-order valence-corrected chi connectivity index (χ1v) is 9.51. The second kappa shape index (κ2) is 7.59. The molecule has 3 rings (SSSR count). The van der Waals surface area contributed by atoms with Gasteiger partial charge >= 0.3 is 0 Å². The topological polar surface area (TPSA) is 62.6 Å². The largest absolute Gasteiger partial charge is 0.456 e. The first-order chi connectivity index (χ1) is 12.7. The van der Waals surface area contributed by atoms with Crippen LogP contribution in [-0.2, 0) is 5.41 Å². The molecule has 2 amide bonds. The van der Waals surface area contributed by atoms with Crippen LogP contribution in [-0.4, -0.2) is 35.8 Å². The zero-order valence-corrected chi connectivity index (χ0v) is 16.5. The van der Waals surface area contributed by atoms with E-state index in [0.717, 1.165) is 24.2 Å². The summed E-state index contributed by atoms with van der Waals surface area (Å²) in [5.41, 5.74) is 2.01. The highest BCUT2D eigenvalue weighted by atomic mass is 16.3. The summed E-state index contributed by atoms with van der Waals surface area (Å²) in [5.74, 6) is 0.926. The number of carbonyl (C=O) groups is 2. The number of nitrogens with one attached hydrogen (secondary N) is 1. The summed E-state index contributed by atoms with van der Waals surface area (Å²) < 4.78 is 5.36. The summed E-state index contributed by atoms with van der Waals surface area (Å²) in [6.45, 7) is 9.58. The predicted molar refractivity (Wildman–Crippen MR) is 105 cm³/mol. The minimum atomic E-state index is -0.189. The number of amides is 2. The molecule has 2 aromatic rings. The monoisotopic (exact) mass is 368 g/mol. The number of benzene rings is 1. The maximum Gasteiger partial charge on any atom is 0.287 e. The van der Waals surface area contributed by atoms with Crippen LogP contribution in [0.3, 0.4) is 0 Å². The Bertz CT molecular complexity index is 807. The maximum absolute atomic E-state index is 12.7. The highest BCUT2D eigenvalue weighted by Gasteiger charge is 2.25. The van der Waals surface area contributed by atoms with Gasteiger partial charge in [-0.1, -0.05) is 32.9 Å². The first kappa shape index (κ1) is 19.2. The molecule has 1 aromatic heterocycles. The third-order valence-electron chi connectivity index (χ3n) is 5.08. The van der Waals surface area contributed by atoms with Crippen molar-refractivity contribution in [3.05, 3.63) is 59.0 Å². The van der Waals surface area contributed by atoms with Crippen molar-refractivity contribution >= 4 is 11.8 Å². The lowest BCUT2D eigenvalue weighted by atomic mass is 9.86. The number of furan rings is 1. The van der Waals surface area contributed by atoms with Crippen LogP contribution in [0.25, 0.3) is 0 Å². The molecule has 0 saturated carbocycles. The van der Waals surface area contributed by atoms with E-state index in [0.29, 0.717) is 18.8 Å². The van der Waals surface area contributed by atoms with Crippen LogP contribution >= 0.6 is 0 Å². The Kier molecular flexibility index (Phi) is 5.40. The van der Waals surface area contributed by atoms with Crippen molar-refractivity contribution in [2.45, 2.75) is 52.0 Å². The van der Waals surface area contributed by atoms with Gasteiger partial charge in [-0.15, -0.1) is 0 Å². The van der Waals surface area contributed by atoms with Gasteiger partial charge in [0.05, 0.1) is 0 Å². The lowest BCUT2D eigenvalue weighted by molar-refractivity contribution is 0.0695. The summed E-state index contributed by atoms with van der Waals surface area (Å²) in [5, 5.41) is 3.00. The molecule has 1 saturated heterocycles. The van der Waals surface area contributed by atoms with Crippen LogP contribution in [0.4, 0.5) is 0 Å². The van der Waals surface area contributed by atoms with Crippen LogP contribution in [0.15, 0.2) is 40.8 Å². The second-order valence-corrected chi connectivity index (χ2v) is 8.28. The number of rotatable bonds is 3. The van der Waals surface area contributed by atoms with Gasteiger partial charge < -0.3 is 14.6 Å². The van der Waals surface area contributed by atoms with E-state index >= 15 is 0 Å². The Morgan fingerprint density at radius 1 is 1.04 bits per heavy atom. The van der Waals surface area contributed by atoms with E-state index in [4.69, 9.17) is 4.42 Å². The van der Waals surface area contributed by atoms with Crippen LogP contribution in [0, 0.1) is 6.92 Å². The predicted octanol–water partition coefficient (Wildman–Crippen LogP) is 3.92. The number of hydrogen-bond acceptors (Lipinski definition) is 3. The average Bonchev–Trinajstić information content (AvgIpc) is 3.08. The van der Waals surface area contributed by atoms with Crippen molar-refractivity contribution in [2.24, 2.45) is 0 Å². The highest BCUT2D eigenvalue weighted by Crippen LogP contribution is 2.23. The van der Waals surface area contributed by atoms with Crippen molar-refractivity contribution in [1.29, 1.82) is 0 Å². The Labute approximate surface area is 160 Å². The Hall–Kier alpha value is -2.56. The molecule has 1 aromatic carbocycles. The standard InChI is InChI=1S/C22H28N2O3/c1-15-5-10-19(27-15)20(25)23-18-11-13-24(14-12-18)21(26)16-6-8-17(9-7-16)22(2,3)4/h5-10,18H,11-14H2,1-4H3,(H,23,25). The first-order valence-electron chi connectivity index (χ1n) is 9.51. The number of piperidine rings is 1. The van der Waals surface area contributed by atoms with E-state index in [1.807, 2.05) is 36.1 Å². The van der Waals surface area contributed by atoms with Crippen LogP contribution in [0.5, 0.6) is 0 Å². The third-order valence-corrected chi connectivity index (χ3v) is 5.08. The van der Waals surface area contributed by atoms with Gasteiger partial charge in [0.25, 0.3) is 11.8 Å². The molecular weight excluding hydrogens is 340 g/mol. The fraction of sp³-hybridized carbons (Fsp3) is 0.455. The summed E-state index contributed by atoms with van der Waals surface area (Å²) >= 11 is 0. The normalized spacial score (nSPS) is 15.6. The van der Waals surface area contributed by atoms with Gasteiger partial charge in [0.15, 0.2) is 5.76 Å². The van der Waals surface area contributed by atoms with E-state index in [1.54, 1.807) is 12.1 Å². The number of likely N-dealkylation sites (tertiary alicyclic amines) is 1. The molecule has 144 valence electrons. The molecule has 1 aliphatic heterocycles. The van der Waals surface area contributed by atoms with E-state index in [-0.39, 0.29) is 23.3 Å². The summed E-state index contributed by atoms with van der Waals surface area (Å²) in [7, 11) is 0. The molecule has 0 atom stereocenters. The van der Waals surface area contributed by atoms with E-state index in [2.05, 4.69) is 26.1 Å². The number of nitrogens with zero attached hydrogens (tertiary/aromatic N) is 1. The fourth-order valence-electron chi connectivity index (χ4n) is 3.34. The Balaban J connectivity index is 1.54. The van der Waals surface area contributed by atoms with Crippen LogP contribution < -0.4 is 5.32 Å². The quantitative estimate of drug-likeness (QED) is 0.893. The molecule has 0 bridgehead atoms. The van der Waals surface area contributed by atoms with Gasteiger partial charge in [-0.3, -0.25) is 9.59 Å². The van der Waals surface area contributed by atoms with Gasteiger partial charge in [0, 0.05) is 24.7 Å². The molecule has 5 nitrogen and oxygen atoms in total. The second-order valence-electron chi connectivity index (χ2n) is 8.28. The van der Waals surface area contributed by atoms with E-state index in [9.17, 15) is 9.59 Å². The molecule has 1 aliphatic rings. The minimum Gasteiger partial charge on any atom is -0.456 e. The van der Waals surface area contributed by atoms with Gasteiger partial charge in [-0.2, -0.15) is 0 Å². The molecular formula is C22H28N2O3. The van der Waals surface area contributed by atoms with E-state index in [1.165, 1.54) is 5.56 Å². The Morgan fingerprint density at radius 3 is 2.19 bits per heavy atom. The minimum absolute atomic E-state index is 0.0573. The molecule has 1 N–H and O–H groups in total. The van der Waals surface area contributed by atoms with Crippen molar-refractivity contribution in [3.63, 3.8) is 0 Å². The number of aryl methyl sites for hydroxylation is 1. The van der Waals surface area contributed by atoms with Gasteiger partial charge in [-0.25, -0.2) is 0 Å². The number of carbonyl (C=O) groups excluding carboxylic acids is 2. The number of hydrogen-bond donors (Lipinski definition) is 1. The lowest BCUT2D eigenvalue weighted by Crippen LogP contribution is -2.46.